The molecule has 0 saturated heterocycles. The molecular weight excluding hydrogens is 190 g/mol. The standard InChI is InChI=1S/C8H15NO3S/c10-13(11,12)7-1-2-8-3-5-9-6-4-8/h3,9H,1-2,4-7H2,(H,10,11,12). The van der Waals surface area contributed by atoms with Crippen molar-refractivity contribution in [2.24, 2.45) is 0 Å². The van der Waals surface area contributed by atoms with E-state index >= 15 is 0 Å². The zero-order valence-electron chi connectivity index (χ0n) is 7.49. The van der Waals surface area contributed by atoms with Crippen molar-refractivity contribution >= 4 is 10.1 Å². The number of hydrogen-bond acceptors (Lipinski definition) is 3. The summed E-state index contributed by atoms with van der Waals surface area (Å²) in [5.41, 5.74) is 1.29. The minimum Gasteiger partial charge on any atom is -0.313 e. The van der Waals surface area contributed by atoms with E-state index in [1.807, 2.05) is 0 Å². The molecule has 0 fully saturated rings. The van der Waals surface area contributed by atoms with Gasteiger partial charge in [-0.05, 0) is 25.8 Å². The summed E-state index contributed by atoms with van der Waals surface area (Å²) in [6.45, 7) is 1.85. The van der Waals surface area contributed by atoms with Gasteiger partial charge in [-0.15, -0.1) is 0 Å². The Morgan fingerprint density at radius 3 is 2.85 bits per heavy atom. The average molecular weight is 205 g/mol. The second-order valence-electron chi connectivity index (χ2n) is 3.21. The summed E-state index contributed by atoms with van der Waals surface area (Å²) in [5, 5.41) is 3.18. The average Bonchev–Trinajstić information content (AvgIpc) is 2.04. The van der Waals surface area contributed by atoms with Crippen LogP contribution < -0.4 is 5.32 Å². The smallest absolute Gasteiger partial charge is 0.264 e. The van der Waals surface area contributed by atoms with Gasteiger partial charge in [-0.3, -0.25) is 4.55 Å². The van der Waals surface area contributed by atoms with Crippen LogP contribution in [0.1, 0.15) is 19.3 Å². The largest absolute Gasteiger partial charge is 0.313 e. The van der Waals surface area contributed by atoms with Gasteiger partial charge in [-0.25, -0.2) is 0 Å². The van der Waals surface area contributed by atoms with E-state index in [9.17, 15) is 8.42 Å². The topological polar surface area (TPSA) is 66.4 Å². The number of rotatable bonds is 4. The van der Waals surface area contributed by atoms with Crippen LogP contribution in [0.4, 0.5) is 0 Å². The molecule has 0 radical (unpaired) electrons. The molecule has 0 aromatic carbocycles. The lowest BCUT2D eigenvalue weighted by Crippen LogP contribution is -2.20. The molecule has 0 spiro atoms. The molecule has 0 unspecified atom stereocenters. The van der Waals surface area contributed by atoms with E-state index in [2.05, 4.69) is 11.4 Å². The van der Waals surface area contributed by atoms with E-state index < -0.39 is 10.1 Å². The molecule has 0 aromatic rings. The Morgan fingerprint density at radius 2 is 2.31 bits per heavy atom. The maximum Gasteiger partial charge on any atom is 0.264 e. The molecule has 1 aliphatic rings. The molecule has 4 nitrogen and oxygen atoms in total. The molecular formula is C8H15NO3S. The monoisotopic (exact) mass is 205 g/mol. The Balaban J connectivity index is 2.22. The molecule has 1 heterocycles. The van der Waals surface area contributed by atoms with Crippen molar-refractivity contribution in [3.63, 3.8) is 0 Å². The van der Waals surface area contributed by atoms with Gasteiger partial charge in [0.05, 0.1) is 5.75 Å². The highest BCUT2D eigenvalue weighted by Gasteiger charge is 2.06. The molecule has 0 atom stereocenters. The summed E-state index contributed by atoms with van der Waals surface area (Å²) in [6.07, 6.45) is 4.38. The Labute approximate surface area is 78.8 Å². The highest BCUT2D eigenvalue weighted by molar-refractivity contribution is 7.85. The Morgan fingerprint density at radius 1 is 1.54 bits per heavy atom. The fourth-order valence-electron chi connectivity index (χ4n) is 1.38. The maximum absolute atomic E-state index is 10.4. The molecule has 0 saturated carbocycles. The van der Waals surface area contributed by atoms with Crippen molar-refractivity contribution in [2.45, 2.75) is 19.3 Å². The summed E-state index contributed by atoms with van der Waals surface area (Å²) in [5.74, 6) is -0.127. The quantitative estimate of drug-likeness (QED) is 0.520. The lowest BCUT2D eigenvalue weighted by atomic mass is 10.1. The highest BCUT2D eigenvalue weighted by atomic mass is 32.2. The lowest BCUT2D eigenvalue weighted by molar-refractivity contribution is 0.480. The van der Waals surface area contributed by atoms with Crippen LogP contribution >= 0.6 is 0 Å². The summed E-state index contributed by atoms with van der Waals surface area (Å²) in [4.78, 5) is 0. The van der Waals surface area contributed by atoms with Crippen molar-refractivity contribution < 1.29 is 13.0 Å². The van der Waals surface area contributed by atoms with Crippen molar-refractivity contribution in [1.29, 1.82) is 0 Å². The Hall–Kier alpha value is -0.390. The van der Waals surface area contributed by atoms with E-state index in [1.54, 1.807) is 0 Å². The SMILES string of the molecule is O=S(=O)(O)CCCC1=CCNCC1. The molecule has 0 amide bonds. The van der Waals surface area contributed by atoms with Crippen LogP contribution in [0.2, 0.25) is 0 Å². The van der Waals surface area contributed by atoms with Gasteiger partial charge in [0, 0.05) is 6.54 Å². The lowest BCUT2D eigenvalue weighted by Gasteiger charge is -2.13. The molecule has 1 rings (SSSR count). The van der Waals surface area contributed by atoms with Crippen LogP contribution in [0.25, 0.3) is 0 Å². The summed E-state index contributed by atoms with van der Waals surface area (Å²) < 4.78 is 29.3. The molecule has 76 valence electrons. The Bertz CT molecular complexity index is 282. The van der Waals surface area contributed by atoms with Crippen molar-refractivity contribution in [3.05, 3.63) is 11.6 Å². The molecule has 13 heavy (non-hydrogen) atoms. The Kier molecular flexibility index (Phi) is 3.90. The number of nitrogens with one attached hydrogen (secondary N) is 1. The first-order valence-corrected chi connectivity index (χ1v) is 6.02. The summed E-state index contributed by atoms with van der Waals surface area (Å²) >= 11 is 0. The number of hydrogen-bond donors (Lipinski definition) is 2. The van der Waals surface area contributed by atoms with Crippen molar-refractivity contribution in [3.8, 4) is 0 Å². The molecule has 0 aliphatic carbocycles. The van der Waals surface area contributed by atoms with Gasteiger partial charge >= 0.3 is 0 Å². The minimum absolute atomic E-state index is 0.127. The second-order valence-corrected chi connectivity index (χ2v) is 4.78. The van der Waals surface area contributed by atoms with Gasteiger partial charge in [-0.2, -0.15) is 8.42 Å². The molecule has 2 N–H and O–H groups in total. The van der Waals surface area contributed by atoms with Crippen molar-refractivity contribution in [2.75, 3.05) is 18.8 Å². The van der Waals surface area contributed by atoms with Gasteiger partial charge in [0.1, 0.15) is 0 Å². The van der Waals surface area contributed by atoms with Crippen LogP contribution in [-0.4, -0.2) is 31.8 Å². The van der Waals surface area contributed by atoms with Gasteiger partial charge in [-0.1, -0.05) is 11.6 Å². The van der Waals surface area contributed by atoms with E-state index in [1.165, 1.54) is 5.57 Å². The van der Waals surface area contributed by atoms with Crippen LogP contribution in [0.15, 0.2) is 11.6 Å². The van der Waals surface area contributed by atoms with Gasteiger partial charge < -0.3 is 5.32 Å². The maximum atomic E-state index is 10.4. The third kappa shape index (κ3) is 5.02. The first-order valence-electron chi connectivity index (χ1n) is 4.42. The van der Waals surface area contributed by atoms with Crippen LogP contribution in [0.3, 0.4) is 0 Å². The molecule has 5 heteroatoms. The second kappa shape index (κ2) is 4.74. The van der Waals surface area contributed by atoms with Gasteiger partial charge in [0.15, 0.2) is 0 Å². The fraction of sp³-hybridized carbons (Fsp3) is 0.750. The van der Waals surface area contributed by atoms with Crippen LogP contribution in [0, 0.1) is 0 Å². The predicted molar refractivity (Wildman–Crippen MR) is 51.2 cm³/mol. The first-order chi connectivity index (χ1) is 6.08. The van der Waals surface area contributed by atoms with Crippen LogP contribution in [0.5, 0.6) is 0 Å². The third-order valence-electron chi connectivity index (χ3n) is 2.06. The zero-order chi connectivity index (χ0) is 9.73. The molecule has 0 aromatic heterocycles. The minimum atomic E-state index is -3.77. The van der Waals surface area contributed by atoms with E-state index in [0.29, 0.717) is 6.42 Å². The fourth-order valence-corrected chi connectivity index (χ4v) is 1.89. The summed E-state index contributed by atoms with van der Waals surface area (Å²) in [7, 11) is -3.77. The van der Waals surface area contributed by atoms with Gasteiger partial charge in [0.25, 0.3) is 10.1 Å². The zero-order valence-corrected chi connectivity index (χ0v) is 8.31. The van der Waals surface area contributed by atoms with E-state index in [0.717, 1.165) is 25.9 Å². The van der Waals surface area contributed by atoms with Gasteiger partial charge in [0.2, 0.25) is 0 Å². The molecule has 1 aliphatic heterocycles. The highest BCUT2D eigenvalue weighted by Crippen LogP contribution is 2.11. The predicted octanol–water partition coefficient (Wildman–Crippen LogP) is 0.574. The van der Waals surface area contributed by atoms with Crippen LogP contribution in [-0.2, 0) is 10.1 Å². The molecule has 0 bridgehead atoms. The van der Waals surface area contributed by atoms with E-state index in [-0.39, 0.29) is 5.75 Å². The third-order valence-corrected chi connectivity index (χ3v) is 2.86. The summed E-state index contributed by atoms with van der Waals surface area (Å²) in [6, 6.07) is 0. The van der Waals surface area contributed by atoms with E-state index in [4.69, 9.17) is 4.55 Å². The normalized spacial score (nSPS) is 18.4. The van der Waals surface area contributed by atoms with Crippen molar-refractivity contribution in [1.82, 2.24) is 5.32 Å². The first kappa shape index (κ1) is 10.7.